The summed E-state index contributed by atoms with van der Waals surface area (Å²) in [5, 5.41) is 0. The van der Waals surface area contributed by atoms with E-state index < -0.39 is 12.0 Å². The van der Waals surface area contributed by atoms with Gasteiger partial charge in [0.1, 0.15) is 0 Å². The van der Waals surface area contributed by atoms with E-state index in [1.165, 1.54) is 13.5 Å². The van der Waals surface area contributed by atoms with E-state index in [9.17, 15) is 9.59 Å². The largest absolute Gasteiger partial charge is 0.468 e. The van der Waals surface area contributed by atoms with Crippen molar-refractivity contribution in [1.29, 1.82) is 0 Å². The molecule has 1 fully saturated rings. The Morgan fingerprint density at radius 2 is 1.72 bits per heavy atom. The van der Waals surface area contributed by atoms with Crippen molar-refractivity contribution in [3.05, 3.63) is 0 Å². The van der Waals surface area contributed by atoms with Gasteiger partial charge in [-0.25, -0.2) is 4.79 Å². The van der Waals surface area contributed by atoms with Crippen molar-refractivity contribution in [3.63, 3.8) is 0 Å². The van der Waals surface area contributed by atoms with Crippen LogP contribution in [0.4, 0.5) is 0 Å². The van der Waals surface area contributed by atoms with Gasteiger partial charge in [-0.1, -0.05) is 6.42 Å². The average Bonchev–Trinajstić information content (AvgIpc) is 2.38. The molecule has 1 unspecified atom stereocenters. The van der Waals surface area contributed by atoms with Gasteiger partial charge in [-0.05, 0) is 47.0 Å². The molecule has 1 aliphatic rings. The van der Waals surface area contributed by atoms with Gasteiger partial charge in [0, 0.05) is 0 Å². The minimum absolute atomic E-state index is 0.0752. The quantitative estimate of drug-likeness (QED) is 0.530. The van der Waals surface area contributed by atoms with Crippen LogP contribution in [-0.2, 0) is 14.3 Å². The number of ether oxygens (including phenoxy) is 1. The minimum Gasteiger partial charge on any atom is -0.468 e. The average molecular weight is 256 g/mol. The van der Waals surface area contributed by atoms with Crippen LogP contribution in [0, 0.1) is 0 Å². The number of hydrogen-bond acceptors (Lipinski definition) is 5. The second kappa shape index (κ2) is 6.85. The van der Waals surface area contributed by atoms with Gasteiger partial charge in [0.25, 0.3) is 0 Å². The summed E-state index contributed by atoms with van der Waals surface area (Å²) in [6.07, 6.45) is 3.25. The molecule has 2 atom stereocenters. The number of Topliss-reactive ketones (excluding diaryl/α,β-unsaturated/α-hetero) is 1. The highest BCUT2D eigenvalue weighted by Crippen LogP contribution is 2.15. The molecule has 0 aromatic carbocycles. The summed E-state index contributed by atoms with van der Waals surface area (Å²) in [6, 6.07) is -1.02. The lowest BCUT2D eigenvalue weighted by Gasteiger charge is -2.34. The van der Waals surface area contributed by atoms with Gasteiger partial charge in [-0.15, -0.1) is 0 Å². The highest BCUT2D eigenvalue weighted by atomic mass is 16.5. The van der Waals surface area contributed by atoms with Crippen molar-refractivity contribution in [1.82, 2.24) is 9.80 Å². The number of hydrogen-bond donors (Lipinski definition) is 0. The molecule has 5 heteroatoms. The first-order valence-electron chi connectivity index (χ1n) is 6.51. The van der Waals surface area contributed by atoms with Crippen LogP contribution in [0.15, 0.2) is 0 Å². The number of carbonyl (C=O) groups excluding carboxylic acids is 2. The number of likely N-dealkylation sites (tertiary alicyclic amines) is 1. The molecule has 0 aromatic heterocycles. The van der Waals surface area contributed by atoms with Crippen molar-refractivity contribution >= 4 is 11.8 Å². The maximum atomic E-state index is 12.4. The second-order valence-corrected chi connectivity index (χ2v) is 5.06. The topological polar surface area (TPSA) is 49.9 Å². The van der Waals surface area contributed by atoms with Crippen LogP contribution < -0.4 is 0 Å². The highest BCUT2D eigenvalue weighted by molar-refractivity contribution is 6.05. The SMILES string of the molecule is COC(=O)C(C(=O)[C@H](C)N(C)C)N1CCCCC1. The first-order chi connectivity index (χ1) is 8.49. The molecule has 0 aliphatic carbocycles. The molecule has 0 N–H and O–H groups in total. The maximum Gasteiger partial charge on any atom is 0.330 e. The van der Waals surface area contributed by atoms with Gasteiger partial charge in [-0.2, -0.15) is 0 Å². The van der Waals surface area contributed by atoms with Crippen LogP contribution in [-0.4, -0.2) is 67.9 Å². The zero-order valence-corrected chi connectivity index (χ0v) is 11.8. The molecule has 0 spiro atoms. The summed E-state index contributed by atoms with van der Waals surface area (Å²) in [5.41, 5.74) is 0. The van der Waals surface area contributed by atoms with Gasteiger partial charge < -0.3 is 4.74 Å². The molecule has 1 rings (SSSR count). The number of ketones is 1. The predicted molar refractivity (Wildman–Crippen MR) is 69.4 cm³/mol. The van der Waals surface area contributed by atoms with Crippen LogP contribution in [0.5, 0.6) is 0 Å². The zero-order chi connectivity index (χ0) is 13.7. The third-order valence-corrected chi connectivity index (χ3v) is 3.64. The Morgan fingerprint density at radius 3 is 2.17 bits per heavy atom. The second-order valence-electron chi connectivity index (χ2n) is 5.06. The van der Waals surface area contributed by atoms with E-state index in [1.54, 1.807) is 0 Å². The van der Waals surface area contributed by atoms with Crippen LogP contribution in [0.2, 0.25) is 0 Å². The molecule has 18 heavy (non-hydrogen) atoms. The summed E-state index contributed by atoms with van der Waals surface area (Å²) in [6.45, 7) is 3.42. The first-order valence-corrected chi connectivity index (χ1v) is 6.51. The van der Waals surface area contributed by atoms with E-state index >= 15 is 0 Å². The Morgan fingerprint density at radius 1 is 1.17 bits per heavy atom. The summed E-state index contributed by atoms with van der Waals surface area (Å²) in [4.78, 5) is 28.1. The predicted octanol–water partition coefficient (Wildman–Crippen LogP) is 0.533. The van der Waals surface area contributed by atoms with Crippen LogP contribution in [0.1, 0.15) is 26.2 Å². The van der Waals surface area contributed by atoms with Crippen LogP contribution >= 0.6 is 0 Å². The lowest BCUT2D eigenvalue weighted by Crippen LogP contribution is -2.54. The monoisotopic (exact) mass is 256 g/mol. The molecule has 1 saturated heterocycles. The number of likely N-dealkylation sites (N-methyl/N-ethyl adjacent to an activating group) is 1. The molecule has 5 nitrogen and oxygen atoms in total. The summed E-state index contributed by atoms with van der Waals surface area (Å²) < 4.78 is 4.80. The number of nitrogens with zero attached hydrogens (tertiary/aromatic N) is 2. The lowest BCUT2D eigenvalue weighted by molar-refractivity contribution is -0.153. The molecule has 104 valence electrons. The van der Waals surface area contributed by atoms with E-state index in [2.05, 4.69) is 0 Å². The van der Waals surface area contributed by atoms with Crippen LogP contribution in [0.3, 0.4) is 0 Å². The van der Waals surface area contributed by atoms with E-state index in [-0.39, 0.29) is 11.8 Å². The molecule has 0 bridgehead atoms. The number of carbonyl (C=O) groups is 2. The summed E-state index contributed by atoms with van der Waals surface area (Å²) in [7, 11) is 5.02. The first kappa shape index (κ1) is 15.1. The van der Waals surface area contributed by atoms with Gasteiger partial charge in [0.2, 0.25) is 0 Å². The van der Waals surface area contributed by atoms with E-state index in [1.807, 2.05) is 30.8 Å². The third-order valence-electron chi connectivity index (χ3n) is 3.64. The molecular weight excluding hydrogens is 232 g/mol. The van der Waals surface area contributed by atoms with E-state index in [4.69, 9.17) is 4.74 Å². The minimum atomic E-state index is -0.743. The molecule has 1 aliphatic heterocycles. The van der Waals surface area contributed by atoms with Crippen molar-refractivity contribution in [2.24, 2.45) is 0 Å². The van der Waals surface area contributed by atoms with Crippen molar-refractivity contribution in [2.45, 2.75) is 38.3 Å². The molecular formula is C13H24N2O3. The molecule has 0 saturated carbocycles. The van der Waals surface area contributed by atoms with Crippen molar-refractivity contribution in [2.75, 3.05) is 34.3 Å². The summed E-state index contributed by atoms with van der Waals surface area (Å²) >= 11 is 0. The van der Waals surface area contributed by atoms with Crippen molar-refractivity contribution < 1.29 is 14.3 Å². The third kappa shape index (κ3) is 3.53. The van der Waals surface area contributed by atoms with Crippen LogP contribution in [0.25, 0.3) is 0 Å². The van der Waals surface area contributed by atoms with Gasteiger partial charge in [0.15, 0.2) is 11.8 Å². The highest BCUT2D eigenvalue weighted by Gasteiger charge is 2.37. The van der Waals surface area contributed by atoms with E-state index in [0.29, 0.717) is 0 Å². The number of esters is 1. The Kier molecular flexibility index (Phi) is 5.75. The fraction of sp³-hybridized carbons (Fsp3) is 0.846. The van der Waals surface area contributed by atoms with E-state index in [0.717, 1.165) is 25.9 Å². The Hall–Kier alpha value is -0.940. The Labute approximate surface area is 109 Å². The molecule has 0 amide bonds. The van der Waals surface area contributed by atoms with Crippen molar-refractivity contribution in [3.8, 4) is 0 Å². The fourth-order valence-electron chi connectivity index (χ4n) is 2.22. The maximum absolute atomic E-state index is 12.4. The van der Waals surface area contributed by atoms with Gasteiger partial charge in [-0.3, -0.25) is 14.6 Å². The number of piperidine rings is 1. The fourth-order valence-corrected chi connectivity index (χ4v) is 2.22. The normalized spacial score (nSPS) is 20.5. The number of methoxy groups -OCH3 is 1. The van der Waals surface area contributed by atoms with Gasteiger partial charge in [0.05, 0.1) is 13.2 Å². The summed E-state index contributed by atoms with van der Waals surface area (Å²) in [5.74, 6) is -0.510. The lowest BCUT2D eigenvalue weighted by atomic mass is 10.0. The molecule has 1 heterocycles. The number of rotatable bonds is 5. The smallest absolute Gasteiger partial charge is 0.330 e. The Balaban J connectivity index is 2.83. The zero-order valence-electron chi connectivity index (χ0n) is 11.8. The molecule has 0 radical (unpaired) electrons. The molecule has 0 aromatic rings. The van der Waals surface area contributed by atoms with Gasteiger partial charge >= 0.3 is 5.97 Å². The Bertz CT molecular complexity index is 299. The standard InChI is InChI=1S/C13H24N2O3/c1-10(14(2)3)12(16)11(13(17)18-4)15-8-6-5-7-9-15/h10-11H,5-9H2,1-4H3/t10-,11?/m0/s1.